The standard InChI is InChI=1S/C20H27F3N2O2/c1-14(2)4-3-11-24-18(26)15-9-12-25(13-10-15)19(27)16-5-7-17(8-6-16)20(21,22)23/h5-8,14-15H,3-4,9-13H2,1-2H3,(H,24,26). The fraction of sp³-hybridized carbons (Fsp3) is 0.600. The Morgan fingerprint density at radius 3 is 2.26 bits per heavy atom. The molecule has 1 N–H and O–H groups in total. The molecular formula is C20H27F3N2O2. The van der Waals surface area contributed by atoms with Crippen LogP contribution >= 0.6 is 0 Å². The molecule has 0 spiro atoms. The average molecular weight is 384 g/mol. The van der Waals surface area contributed by atoms with Crippen LogP contribution in [0.4, 0.5) is 13.2 Å². The van der Waals surface area contributed by atoms with E-state index in [0.29, 0.717) is 38.4 Å². The molecule has 2 rings (SSSR count). The largest absolute Gasteiger partial charge is 0.416 e. The molecule has 1 aliphatic heterocycles. The van der Waals surface area contributed by atoms with Gasteiger partial charge in [-0.3, -0.25) is 9.59 Å². The minimum absolute atomic E-state index is 0.0281. The molecule has 150 valence electrons. The summed E-state index contributed by atoms with van der Waals surface area (Å²) in [5, 5.41) is 2.95. The number of amides is 2. The monoisotopic (exact) mass is 384 g/mol. The van der Waals surface area contributed by atoms with Crippen molar-refractivity contribution in [1.29, 1.82) is 0 Å². The summed E-state index contributed by atoms with van der Waals surface area (Å²) < 4.78 is 37.8. The van der Waals surface area contributed by atoms with Crippen LogP contribution in [0, 0.1) is 11.8 Å². The molecule has 0 saturated carbocycles. The Labute approximate surface area is 158 Å². The Kier molecular flexibility index (Phi) is 7.27. The van der Waals surface area contributed by atoms with Crippen molar-refractivity contribution in [2.75, 3.05) is 19.6 Å². The number of benzene rings is 1. The van der Waals surface area contributed by atoms with Gasteiger partial charge in [-0.15, -0.1) is 0 Å². The van der Waals surface area contributed by atoms with E-state index >= 15 is 0 Å². The van der Waals surface area contributed by atoms with Crippen LogP contribution < -0.4 is 5.32 Å². The summed E-state index contributed by atoms with van der Waals surface area (Å²) in [6.07, 6.45) is -1.25. The van der Waals surface area contributed by atoms with Gasteiger partial charge in [-0.25, -0.2) is 0 Å². The zero-order valence-corrected chi connectivity index (χ0v) is 15.8. The number of carbonyl (C=O) groups excluding carboxylic acids is 2. The van der Waals surface area contributed by atoms with Crippen molar-refractivity contribution in [1.82, 2.24) is 10.2 Å². The van der Waals surface area contributed by atoms with E-state index in [0.717, 1.165) is 25.0 Å². The normalized spacial score (nSPS) is 15.9. The molecule has 1 saturated heterocycles. The predicted octanol–water partition coefficient (Wildman–Crippen LogP) is 4.11. The summed E-state index contributed by atoms with van der Waals surface area (Å²) in [4.78, 5) is 26.3. The van der Waals surface area contributed by atoms with Gasteiger partial charge in [-0.1, -0.05) is 13.8 Å². The fourth-order valence-electron chi connectivity index (χ4n) is 3.20. The molecule has 0 atom stereocenters. The lowest BCUT2D eigenvalue weighted by Crippen LogP contribution is -2.43. The number of carbonyl (C=O) groups is 2. The van der Waals surface area contributed by atoms with E-state index in [1.807, 2.05) is 0 Å². The quantitative estimate of drug-likeness (QED) is 0.751. The summed E-state index contributed by atoms with van der Waals surface area (Å²) in [6.45, 7) is 5.83. The lowest BCUT2D eigenvalue weighted by molar-refractivity contribution is -0.137. The molecule has 0 aromatic heterocycles. The molecule has 7 heteroatoms. The van der Waals surface area contributed by atoms with E-state index in [1.165, 1.54) is 12.1 Å². The second kappa shape index (κ2) is 9.24. The van der Waals surface area contributed by atoms with Gasteiger partial charge in [0.25, 0.3) is 5.91 Å². The van der Waals surface area contributed by atoms with Crippen LogP contribution in [0.15, 0.2) is 24.3 Å². The second-order valence-corrected chi connectivity index (χ2v) is 7.47. The van der Waals surface area contributed by atoms with Crippen LogP contribution in [-0.2, 0) is 11.0 Å². The highest BCUT2D eigenvalue weighted by Crippen LogP contribution is 2.29. The summed E-state index contributed by atoms with van der Waals surface area (Å²) >= 11 is 0. The van der Waals surface area contributed by atoms with Gasteiger partial charge < -0.3 is 10.2 Å². The van der Waals surface area contributed by atoms with Gasteiger partial charge in [-0.05, 0) is 55.9 Å². The van der Waals surface area contributed by atoms with Crippen molar-refractivity contribution in [3.8, 4) is 0 Å². The van der Waals surface area contributed by atoms with Gasteiger partial charge >= 0.3 is 6.18 Å². The van der Waals surface area contributed by atoms with Crippen LogP contribution in [0.5, 0.6) is 0 Å². The summed E-state index contributed by atoms with van der Waals surface area (Å²) in [7, 11) is 0. The van der Waals surface area contributed by atoms with Crippen LogP contribution in [0.25, 0.3) is 0 Å². The number of hydrogen-bond acceptors (Lipinski definition) is 2. The van der Waals surface area contributed by atoms with E-state index in [2.05, 4.69) is 19.2 Å². The smallest absolute Gasteiger partial charge is 0.356 e. The topological polar surface area (TPSA) is 49.4 Å². The number of hydrogen-bond donors (Lipinski definition) is 1. The molecule has 27 heavy (non-hydrogen) atoms. The van der Waals surface area contributed by atoms with Crippen LogP contribution in [0.1, 0.15) is 55.5 Å². The zero-order valence-electron chi connectivity index (χ0n) is 15.8. The van der Waals surface area contributed by atoms with Crippen molar-refractivity contribution < 1.29 is 22.8 Å². The Bertz CT molecular complexity index is 634. The summed E-state index contributed by atoms with van der Waals surface area (Å²) in [5.41, 5.74) is -0.536. The Hall–Kier alpha value is -2.05. The van der Waals surface area contributed by atoms with Crippen molar-refractivity contribution in [3.05, 3.63) is 35.4 Å². The van der Waals surface area contributed by atoms with Gasteiger partial charge in [0.15, 0.2) is 0 Å². The first-order chi connectivity index (χ1) is 12.7. The van der Waals surface area contributed by atoms with Gasteiger partial charge in [0.05, 0.1) is 5.56 Å². The fourth-order valence-corrected chi connectivity index (χ4v) is 3.20. The third-order valence-electron chi connectivity index (χ3n) is 4.87. The van der Waals surface area contributed by atoms with Gasteiger partial charge in [0.1, 0.15) is 0 Å². The molecule has 0 aliphatic carbocycles. The molecule has 1 fully saturated rings. The maximum Gasteiger partial charge on any atom is 0.416 e. The number of likely N-dealkylation sites (tertiary alicyclic amines) is 1. The first-order valence-corrected chi connectivity index (χ1v) is 9.42. The van der Waals surface area contributed by atoms with Crippen molar-refractivity contribution in [3.63, 3.8) is 0 Å². The number of nitrogens with zero attached hydrogens (tertiary/aromatic N) is 1. The Balaban J connectivity index is 1.81. The van der Waals surface area contributed by atoms with E-state index < -0.39 is 11.7 Å². The summed E-state index contributed by atoms with van der Waals surface area (Å²) in [5.74, 6) is 0.238. The van der Waals surface area contributed by atoms with E-state index in [9.17, 15) is 22.8 Å². The predicted molar refractivity (Wildman–Crippen MR) is 97.2 cm³/mol. The Morgan fingerprint density at radius 2 is 1.74 bits per heavy atom. The highest BCUT2D eigenvalue weighted by molar-refractivity contribution is 5.94. The van der Waals surface area contributed by atoms with Crippen molar-refractivity contribution in [2.45, 2.75) is 45.7 Å². The minimum Gasteiger partial charge on any atom is -0.356 e. The van der Waals surface area contributed by atoms with E-state index in [4.69, 9.17) is 0 Å². The molecule has 1 aliphatic rings. The lowest BCUT2D eigenvalue weighted by Gasteiger charge is -2.31. The maximum absolute atomic E-state index is 12.6. The van der Waals surface area contributed by atoms with Gasteiger partial charge in [-0.2, -0.15) is 13.2 Å². The molecule has 0 radical (unpaired) electrons. The molecule has 0 unspecified atom stereocenters. The number of rotatable bonds is 6. The molecular weight excluding hydrogens is 357 g/mol. The number of alkyl halides is 3. The molecule has 1 aromatic carbocycles. The number of piperidine rings is 1. The highest BCUT2D eigenvalue weighted by atomic mass is 19.4. The first kappa shape index (κ1) is 21.3. The van der Waals surface area contributed by atoms with Crippen LogP contribution in [0.2, 0.25) is 0 Å². The maximum atomic E-state index is 12.6. The molecule has 0 bridgehead atoms. The third-order valence-corrected chi connectivity index (χ3v) is 4.87. The van der Waals surface area contributed by atoms with Crippen LogP contribution in [0.3, 0.4) is 0 Å². The van der Waals surface area contributed by atoms with E-state index in [-0.39, 0.29) is 23.3 Å². The van der Waals surface area contributed by atoms with Gasteiger partial charge in [0.2, 0.25) is 5.91 Å². The summed E-state index contributed by atoms with van der Waals surface area (Å²) in [6, 6.07) is 4.26. The zero-order chi connectivity index (χ0) is 20.0. The van der Waals surface area contributed by atoms with Crippen molar-refractivity contribution in [2.24, 2.45) is 11.8 Å². The molecule has 4 nitrogen and oxygen atoms in total. The van der Waals surface area contributed by atoms with Crippen molar-refractivity contribution >= 4 is 11.8 Å². The van der Waals surface area contributed by atoms with Crippen LogP contribution in [-0.4, -0.2) is 36.3 Å². The minimum atomic E-state index is -4.41. The molecule has 1 heterocycles. The molecule has 2 amide bonds. The van der Waals surface area contributed by atoms with Gasteiger partial charge in [0, 0.05) is 31.1 Å². The third kappa shape index (κ3) is 6.26. The SMILES string of the molecule is CC(C)CCCNC(=O)C1CCN(C(=O)c2ccc(C(F)(F)F)cc2)CC1. The lowest BCUT2D eigenvalue weighted by atomic mass is 9.95. The molecule has 1 aromatic rings. The number of nitrogens with one attached hydrogen (secondary N) is 1. The first-order valence-electron chi connectivity index (χ1n) is 9.42. The number of halogens is 3. The average Bonchev–Trinajstić information content (AvgIpc) is 2.64. The Morgan fingerprint density at radius 1 is 1.15 bits per heavy atom. The highest BCUT2D eigenvalue weighted by Gasteiger charge is 2.31. The second-order valence-electron chi connectivity index (χ2n) is 7.47. The van der Waals surface area contributed by atoms with E-state index in [1.54, 1.807) is 4.90 Å².